The number of rotatable bonds is 6. The Balaban J connectivity index is 1.74. The Morgan fingerprint density at radius 3 is 2.76 bits per heavy atom. The first-order chi connectivity index (χ1) is 12.2. The van der Waals surface area contributed by atoms with E-state index < -0.39 is 0 Å². The van der Waals surface area contributed by atoms with Crippen molar-refractivity contribution in [3.63, 3.8) is 0 Å². The number of methoxy groups -OCH3 is 2. The van der Waals surface area contributed by atoms with E-state index in [1.54, 1.807) is 36.9 Å². The lowest BCUT2D eigenvalue weighted by atomic mass is 10.1. The molecule has 0 unspecified atom stereocenters. The standard InChI is InChI=1S/C19H18N2O4/c1-23-17-6-3-5-15(18(17)24-2)19(22)21-11-13-9-14(12-20-10-13)16-7-4-8-25-16/h3-10,12H,11H2,1-2H3,(H,21,22). The molecule has 0 saturated carbocycles. The van der Waals surface area contributed by atoms with Crippen LogP contribution in [0.2, 0.25) is 0 Å². The maximum absolute atomic E-state index is 12.5. The maximum atomic E-state index is 12.5. The van der Waals surface area contributed by atoms with Crippen molar-refractivity contribution in [2.24, 2.45) is 0 Å². The van der Waals surface area contributed by atoms with Crippen LogP contribution >= 0.6 is 0 Å². The summed E-state index contributed by atoms with van der Waals surface area (Å²) >= 11 is 0. The number of para-hydroxylation sites is 1. The average Bonchev–Trinajstić information content (AvgIpc) is 3.20. The predicted octanol–water partition coefficient (Wildman–Crippen LogP) is 3.29. The van der Waals surface area contributed by atoms with Crippen LogP contribution in [0.4, 0.5) is 0 Å². The number of amides is 1. The second-order valence-electron chi connectivity index (χ2n) is 5.28. The van der Waals surface area contributed by atoms with Gasteiger partial charge in [-0.3, -0.25) is 9.78 Å². The number of carbonyl (C=O) groups excluding carboxylic acids is 1. The highest BCUT2D eigenvalue weighted by Crippen LogP contribution is 2.30. The number of carbonyl (C=O) groups is 1. The maximum Gasteiger partial charge on any atom is 0.255 e. The van der Waals surface area contributed by atoms with Crippen molar-refractivity contribution in [3.05, 3.63) is 66.2 Å². The third-order valence-corrected chi connectivity index (χ3v) is 3.70. The number of furan rings is 1. The van der Waals surface area contributed by atoms with E-state index in [9.17, 15) is 4.79 Å². The van der Waals surface area contributed by atoms with Crippen molar-refractivity contribution in [3.8, 4) is 22.8 Å². The summed E-state index contributed by atoms with van der Waals surface area (Å²) in [5.74, 6) is 1.40. The summed E-state index contributed by atoms with van der Waals surface area (Å²) in [6, 6.07) is 10.8. The van der Waals surface area contributed by atoms with Crippen molar-refractivity contribution >= 4 is 5.91 Å². The van der Waals surface area contributed by atoms with Crippen LogP contribution in [0, 0.1) is 0 Å². The molecule has 0 spiro atoms. The van der Waals surface area contributed by atoms with E-state index in [2.05, 4.69) is 10.3 Å². The highest BCUT2D eigenvalue weighted by Gasteiger charge is 2.16. The van der Waals surface area contributed by atoms with E-state index in [0.29, 0.717) is 23.6 Å². The SMILES string of the molecule is COc1cccc(C(=O)NCc2cncc(-c3ccco3)c2)c1OC. The molecule has 0 fully saturated rings. The second-order valence-corrected chi connectivity index (χ2v) is 5.28. The molecule has 0 atom stereocenters. The number of nitrogens with zero attached hydrogens (tertiary/aromatic N) is 1. The predicted molar refractivity (Wildman–Crippen MR) is 92.7 cm³/mol. The van der Waals surface area contributed by atoms with Crippen molar-refractivity contribution in [1.82, 2.24) is 10.3 Å². The van der Waals surface area contributed by atoms with E-state index in [1.165, 1.54) is 14.2 Å². The van der Waals surface area contributed by atoms with Crippen LogP contribution in [0.15, 0.2) is 59.5 Å². The summed E-state index contributed by atoms with van der Waals surface area (Å²) in [5.41, 5.74) is 2.14. The van der Waals surface area contributed by atoms with E-state index in [4.69, 9.17) is 13.9 Å². The van der Waals surface area contributed by atoms with Gasteiger partial charge in [0.15, 0.2) is 11.5 Å². The van der Waals surface area contributed by atoms with Gasteiger partial charge in [-0.05, 0) is 35.9 Å². The first-order valence-corrected chi connectivity index (χ1v) is 7.70. The Bertz CT molecular complexity index is 860. The molecular formula is C19H18N2O4. The molecule has 6 heteroatoms. The lowest BCUT2D eigenvalue weighted by Crippen LogP contribution is -2.23. The smallest absolute Gasteiger partial charge is 0.255 e. The minimum Gasteiger partial charge on any atom is -0.493 e. The van der Waals surface area contributed by atoms with Gasteiger partial charge in [-0.15, -0.1) is 0 Å². The van der Waals surface area contributed by atoms with Crippen molar-refractivity contribution in [1.29, 1.82) is 0 Å². The van der Waals surface area contributed by atoms with Gasteiger partial charge in [-0.25, -0.2) is 0 Å². The fraction of sp³-hybridized carbons (Fsp3) is 0.158. The zero-order valence-electron chi connectivity index (χ0n) is 14.0. The van der Waals surface area contributed by atoms with E-state index >= 15 is 0 Å². The molecule has 0 saturated heterocycles. The molecule has 2 aromatic heterocycles. The molecule has 3 rings (SSSR count). The first kappa shape index (κ1) is 16.6. The zero-order valence-corrected chi connectivity index (χ0v) is 14.0. The molecule has 1 N–H and O–H groups in total. The quantitative estimate of drug-likeness (QED) is 0.746. The van der Waals surface area contributed by atoms with Gasteiger partial charge >= 0.3 is 0 Å². The largest absolute Gasteiger partial charge is 0.493 e. The molecule has 0 aliphatic heterocycles. The molecule has 128 valence electrons. The zero-order chi connectivity index (χ0) is 17.6. The lowest BCUT2D eigenvalue weighted by Gasteiger charge is -2.12. The van der Waals surface area contributed by atoms with E-state index in [1.807, 2.05) is 18.2 Å². The van der Waals surface area contributed by atoms with Gasteiger partial charge in [0, 0.05) is 24.5 Å². The number of benzene rings is 1. The van der Waals surface area contributed by atoms with E-state index in [-0.39, 0.29) is 5.91 Å². The monoisotopic (exact) mass is 338 g/mol. The van der Waals surface area contributed by atoms with Gasteiger partial charge in [-0.1, -0.05) is 6.07 Å². The van der Waals surface area contributed by atoms with Gasteiger partial charge in [0.25, 0.3) is 5.91 Å². The summed E-state index contributed by atoms with van der Waals surface area (Å²) in [6.45, 7) is 0.334. The average molecular weight is 338 g/mol. The van der Waals surface area contributed by atoms with Gasteiger partial charge < -0.3 is 19.2 Å². The molecule has 0 radical (unpaired) electrons. The second kappa shape index (κ2) is 7.53. The fourth-order valence-electron chi connectivity index (χ4n) is 2.51. The number of ether oxygens (including phenoxy) is 2. The molecule has 1 aromatic carbocycles. The van der Waals surface area contributed by atoms with E-state index in [0.717, 1.165) is 16.9 Å². The van der Waals surface area contributed by atoms with Crippen LogP contribution in [-0.4, -0.2) is 25.1 Å². The molecule has 6 nitrogen and oxygen atoms in total. The summed E-state index contributed by atoms with van der Waals surface area (Å²) in [5, 5.41) is 2.87. The molecule has 0 aliphatic carbocycles. The van der Waals surface area contributed by atoms with Crippen LogP contribution in [-0.2, 0) is 6.54 Å². The molecule has 1 amide bonds. The normalized spacial score (nSPS) is 10.3. The molecule has 25 heavy (non-hydrogen) atoms. The fourth-order valence-corrected chi connectivity index (χ4v) is 2.51. The number of hydrogen-bond donors (Lipinski definition) is 1. The molecule has 2 heterocycles. The highest BCUT2D eigenvalue weighted by molar-refractivity contribution is 5.97. The number of pyridine rings is 1. The molecular weight excluding hydrogens is 320 g/mol. The Kier molecular flexibility index (Phi) is 4.99. The Labute approximate surface area is 145 Å². The van der Waals surface area contributed by atoms with Gasteiger partial charge in [0.05, 0.1) is 26.0 Å². The number of aromatic nitrogens is 1. The van der Waals surface area contributed by atoms with Crippen LogP contribution < -0.4 is 14.8 Å². The van der Waals surface area contributed by atoms with Crippen LogP contribution in [0.5, 0.6) is 11.5 Å². The van der Waals surface area contributed by atoms with Gasteiger partial charge in [0.1, 0.15) is 5.76 Å². The Morgan fingerprint density at radius 1 is 1.16 bits per heavy atom. The summed E-state index contributed by atoms with van der Waals surface area (Å²) in [4.78, 5) is 16.7. The topological polar surface area (TPSA) is 73.6 Å². The number of hydrogen-bond acceptors (Lipinski definition) is 5. The molecule has 3 aromatic rings. The summed E-state index contributed by atoms with van der Waals surface area (Å²) in [7, 11) is 3.04. The van der Waals surface area contributed by atoms with Gasteiger partial charge in [-0.2, -0.15) is 0 Å². The molecule has 0 bridgehead atoms. The summed E-state index contributed by atoms with van der Waals surface area (Å²) < 4.78 is 15.9. The minimum atomic E-state index is -0.251. The Morgan fingerprint density at radius 2 is 2.04 bits per heavy atom. The van der Waals surface area contributed by atoms with Crippen LogP contribution in [0.1, 0.15) is 15.9 Å². The molecule has 0 aliphatic rings. The third kappa shape index (κ3) is 3.63. The minimum absolute atomic E-state index is 0.251. The Hall–Kier alpha value is -3.28. The van der Waals surface area contributed by atoms with Crippen molar-refractivity contribution in [2.45, 2.75) is 6.54 Å². The summed E-state index contributed by atoms with van der Waals surface area (Å²) in [6.07, 6.45) is 5.03. The lowest BCUT2D eigenvalue weighted by molar-refractivity contribution is 0.0947. The van der Waals surface area contributed by atoms with Crippen LogP contribution in [0.3, 0.4) is 0 Å². The number of nitrogens with one attached hydrogen (secondary N) is 1. The first-order valence-electron chi connectivity index (χ1n) is 7.70. The van der Waals surface area contributed by atoms with Gasteiger partial charge in [0.2, 0.25) is 0 Å². The highest BCUT2D eigenvalue weighted by atomic mass is 16.5. The van der Waals surface area contributed by atoms with Crippen LogP contribution in [0.25, 0.3) is 11.3 Å². The van der Waals surface area contributed by atoms with Crippen molar-refractivity contribution in [2.75, 3.05) is 14.2 Å². The van der Waals surface area contributed by atoms with Crippen molar-refractivity contribution < 1.29 is 18.7 Å². The third-order valence-electron chi connectivity index (χ3n) is 3.70.